The molecule has 2 rings (SSSR count). The third-order valence-electron chi connectivity index (χ3n) is 4.29. The Balaban J connectivity index is 2.25. The highest BCUT2D eigenvalue weighted by Gasteiger charge is 2.21. The predicted octanol–water partition coefficient (Wildman–Crippen LogP) is 6.22. The molecule has 0 saturated carbocycles. The molecule has 0 aliphatic rings. The monoisotopic (exact) mass is 440 g/mol. The molecule has 0 aliphatic carbocycles. The number of oxime groups is 1. The fraction of sp³-hybridized carbons (Fsp3) is 0.333. The first kappa shape index (κ1) is 22.5. The summed E-state index contributed by atoms with van der Waals surface area (Å²) in [6.45, 7) is 6.47. The van der Waals surface area contributed by atoms with Crippen LogP contribution in [0.3, 0.4) is 0 Å². The Morgan fingerprint density at radius 2 is 1.86 bits per heavy atom. The normalized spacial score (nSPS) is 12.6. The van der Waals surface area contributed by atoms with Gasteiger partial charge in [0, 0.05) is 23.6 Å². The standard InChI is InChI=1S/C21H23Cl3N2O2/c1-5-28-25-20(14(3)15-6-7-18(23)19(24)11-15)12-26(4)21(27)16-8-13(2)9-17(22)10-16/h6-11,14H,5,12H2,1-4H3/b25-20-. The number of benzene rings is 2. The molecule has 1 unspecified atom stereocenters. The highest BCUT2D eigenvalue weighted by molar-refractivity contribution is 6.42. The zero-order valence-corrected chi connectivity index (χ0v) is 18.6. The van der Waals surface area contributed by atoms with Crippen molar-refractivity contribution < 1.29 is 9.63 Å². The smallest absolute Gasteiger partial charge is 0.253 e. The van der Waals surface area contributed by atoms with Crippen LogP contribution in [0.4, 0.5) is 0 Å². The van der Waals surface area contributed by atoms with E-state index in [2.05, 4.69) is 5.16 Å². The first-order valence-corrected chi connectivity index (χ1v) is 10.0. The Labute approximate surface area is 181 Å². The summed E-state index contributed by atoms with van der Waals surface area (Å²) in [6, 6.07) is 10.7. The molecule has 0 heterocycles. The van der Waals surface area contributed by atoms with Crippen molar-refractivity contribution in [2.24, 2.45) is 5.16 Å². The number of amides is 1. The molecule has 0 radical (unpaired) electrons. The van der Waals surface area contributed by atoms with E-state index in [0.717, 1.165) is 11.1 Å². The van der Waals surface area contributed by atoms with E-state index in [1.165, 1.54) is 0 Å². The van der Waals surface area contributed by atoms with Gasteiger partial charge in [-0.2, -0.15) is 0 Å². The second-order valence-electron chi connectivity index (χ2n) is 6.57. The summed E-state index contributed by atoms with van der Waals surface area (Å²) < 4.78 is 0. The summed E-state index contributed by atoms with van der Waals surface area (Å²) >= 11 is 18.3. The first-order chi connectivity index (χ1) is 13.2. The number of hydrogen-bond donors (Lipinski definition) is 0. The fourth-order valence-electron chi connectivity index (χ4n) is 2.76. The Bertz CT molecular complexity index is 864. The van der Waals surface area contributed by atoms with Crippen molar-refractivity contribution in [3.8, 4) is 0 Å². The molecular formula is C21H23Cl3N2O2. The van der Waals surface area contributed by atoms with Gasteiger partial charge in [0.25, 0.3) is 5.91 Å². The van der Waals surface area contributed by atoms with Crippen LogP contribution in [-0.2, 0) is 4.84 Å². The minimum atomic E-state index is -0.142. The minimum absolute atomic E-state index is 0.113. The van der Waals surface area contributed by atoms with Crippen molar-refractivity contribution in [2.45, 2.75) is 26.7 Å². The zero-order chi connectivity index (χ0) is 20.8. The molecule has 1 atom stereocenters. The van der Waals surface area contributed by atoms with Crippen molar-refractivity contribution in [1.29, 1.82) is 0 Å². The Morgan fingerprint density at radius 3 is 2.46 bits per heavy atom. The quantitative estimate of drug-likeness (QED) is 0.378. The Hall–Kier alpha value is -1.75. The van der Waals surface area contributed by atoms with Crippen LogP contribution in [0, 0.1) is 6.92 Å². The summed E-state index contributed by atoms with van der Waals surface area (Å²) in [5, 5.41) is 5.74. The van der Waals surface area contributed by atoms with Gasteiger partial charge in [-0.05, 0) is 55.3 Å². The van der Waals surface area contributed by atoms with Gasteiger partial charge < -0.3 is 9.74 Å². The predicted molar refractivity (Wildman–Crippen MR) is 117 cm³/mol. The highest BCUT2D eigenvalue weighted by Crippen LogP contribution is 2.27. The minimum Gasteiger partial charge on any atom is -0.396 e. The van der Waals surface area contributed by atoms with Crippen molar-refractivity contribution in [3.63, 3.8) is 0 Å². The van der Waals surface area contributed by atoms with Crippen LogP contribution in [0.5, 0.6) is 0 Å². The van der Waals surface area contributed by atoms with Crippen LogP contribution in [0.15, 0.2) is 41.6 Å². The van der Waals surface area contributed by atoms with E-state index in [-0.39, 0.29) is 11.8 Å². The number of hydrogen-bond acceptors (Lipinski definition) is 3. The highest BCUT2D eigenvalue weighted by atomic mass is 35.5. The maximum absolute atomic E-state index is 12.8. The van der Waals surface area contributed by atoms with Gasteiger partial charge in [0.05, 0.1) is 22.3 Å². The van der Waals surface area contributed by atoms with Gasteiger partial charge in [-0.1, -0.05) is 52.9 Å². The van der Waals surface area contributed by atoms with Crippen molar-refractivity contribution >= 4 is 46.4 Å². The maximum atomic E-state index is 12.8. The van der Waals surface area contributed by atoms with E-state index < -0.39 is 0 Å². The van der Waals surface area contributed by atoms with Gasteiger partial charge in [0.15, 0.2) is 0 Å². The molecule has 1 amide bonds. The average molecular weight is 442 g/mol. The summed E-state index contributed by atoms with van der Waals surface area (Å²) in [5.74, 6) is -0.256. The number of rotatable bonds is 7. The number of carbonyl (C=O) groups is 1. The van der Waals surface area contributed by atoms with E-state index in [4.69, 9.17) is 39.6 Å². The molecular weight excluding hydrogens is 419 g/mol. The van der Waals surface area contributed by atoms with Gasteiger partial charge in [-0.3, -0.25) is 4.79 Å². The average Bonchev–Trinajstić information content (AvgIpc) is 2.65. The van der Waals surface area contributed by atoms with Gasteiger partial charge in [0.2, 0.25) is 0 Å². The van der Waals surface area contributed by atoms with Crippen molar-refractivity contribution in [3.05, 3.63) is 68.2 Å². The molecule has 2 aromatic rings. The number of halogens is 3. The number of carbonyl (C=O) groups excluding carboxylic acids is 1. The van der Waals surface area contributed by atoms with E-state index >= 15 is 0 Å². The van der Waals surface area contributed by atoms with Gasteiger partial charge in [-0.25, -0.2) is 0 Å². The van der Waals surface area contributed by atoms with Gasteiger partial charge in [-0.15, -0.1) is 0 Å². The topological polar surface area (TPSA) is 41.9 Å². The molecule has 150 valence electrons. The van der Waals surface area contributed by atoms with Crippen LogP contribution in [0.1, 0.15) is 41.3 Å². The van der Waals surface area contributed by atoms with E-state index in [1.807, 2.05) is 39.0 Å². The van der Waals surface area contributed by atoms with E-state index in [9.17, 15) is 4.79 Å². The Morgan fingerprint density at radius 1 is 1.14 bits per heavy atom. The SMILES string of the molecule is CCO/N=C(/CN(C)C(=O)c1cc(C)cc(Cl)c1)C(C)c1ccc(Cl)c(Cl)c1. The molecule has 0 bridgehead atoms. The molecule has 0 spiro atoms. The molecule has 28 heavy (non-hydrogen) atoms. The molecule has 7 heteroatoms. The summed E-state index contributed by atoms with van der Waals surface area (Å²) in [6.07, 6.45) is 0. The summed E-state index contributed by atoms with van der Waals surface area (Å²) in [5.41, 5.74) is 3.10. The molecule has 0 fully saturated rings. The first-order valence-electron chi connectivity index (χ1n) is 8.89. The van der Waals surface area contributed by atoms with Crippen molar-refractivity contribution in [1.82, 2.24) is 4.90 Å². The van der Waals surface area contributed by atoms with Crippen LogP contribution >= 0.6 is 34.8 Å². The molecule has 2 aromatic carbocycles. The Kier molecular flexibility index (Phi) is 8.17. The molecule has 0 aliphatic heterocycles. The molecule has 4 nitrogen and oxygen atoms in total. The summed E-state index contributed by atoms with van der Waals surface area (Å²) in [7, 11) is 1.72. The van der Waals surface area contributed by atoms with Crippen LogP contribution < -0.4 is 0 Å². The lowest BCUT2D eigenvalue weighted by Crippen LogP contribution is -2.34. The zero-order valence-electron chi connectivity index (χ0n) is 16.3. The van der Waals surface area contributed by atoms with Crippen LogP contribution in [0.25, 0.3) is 0 Å². The lowest BCUT2D eigenvalue weighted by Gasteiger charge is -2.22. The largest absolute Gasteiger partial charge is 0.396 e. The van der Waals surface area contributed by atoms with E-state index in [0.29, 0.717) is 39.5 Å². The fourth-order valence-corrected chi connectivity index (χ4v) is 3.36. The summed E-state index contributed by atoms with van der Waals surface area (Å²) in [4.78, 5) is 19.7. The van der Waals surface area contributed by atoms with E-state index in [1.54, 1.807) is 30.1 Å². The lowest BCUT2D eigenvalue weighted by atomic mass is 9.95. The second kappa shape index (κ2) is 10.1. The number of aryl methyl sites for hydroxylation is 1. The second-order valence-corrected chi connectivity index (χ2v) is 7.82. The molecule has 0 saturated heterocycles. The third-order valence-corrected chi connectivity index (χ3v) is 5.25. The van der Waals surface area contributed by atoms with Crippen molar-refractivity contribution in [2.75, 3.05) is 20.2 Å². The molecule has 0 aromatic heterocycles. The van der Waals surface area contributed by atoms with Gasteiger partial charge >= 0.3 is 0 Å². The van der Waals surface area contributed by atoms with Crippen LogP contribution in [0.2, 0.25) is 15.1 Å². The number of nitrogens with zero attached hydrogens (tertiary/aromatic N) is 2. The molecule has 0 N–H and O–H groups in total. The van der Waals surface area contributed by atoms with Crippen LogP contribution in [-0.4, -0.2) is 36.7 Å². The lowest BCUT2D eigenvalue weighted by molar-refractivity contribution is 0.0811. The maximum Gasteiger partial charge on any atom is 0.253 e. The third kappa shape index (κ3) is 5.87. The van der Waals surface area contributed by atoms with Gasteiger partial charge in [0.1, 0.15) is 6.61 Å².